The molecule has 1 aliphatic heterocycles. The van der Waals surface area contributed by atoms with Crippen LogP contribution < -0.4 is 5.32 Å². The lowest BCUT2D eigenvalue weighted by molar-refractivity contribution is -0.151. The second-order valence-electron chi connectivity index (χ2n) is 5.24. The summed E-state index contributed by atoms with van der Waals surface area (Å²) in [6.07, 6.45) is 6.49. The molecule has 0 aromatic carbocycles. The van der Waals surface area contributed by atoms with E-state index >= 15 is 0 Å². The zero-order valence-electron chi connectivity index (χ0n) is 12.5. The molecule has 0 aromatic rings. The van der Waals surface area contributed by atoms with Crippen LogP contribution in [-0.4, -0.2) is 38.4 Å². The van der Waals surface area contributed by atoms with Crippen LogP contribution in [0.1, 0.15) is 52.4 Å². The molecule has 0 saturated carbocycles. The highest BCUT2D eigenvalue weighted by molar-refractivity contribution is 5.72. The molecule has 19 heavy (non-hydrogen) atoms. The van der Waals surface area contributed by atoms with Crippen LogP contribution in [0.15, 0.2) is 0 Å². The maximum Gasteiger partial charge on any atom is 0.308 e. The molecular formula is C15H29NO3. The third-order valence-electron chi connectivity index (χ3n) is 3.70. The fourth-order valence-electron chi connectivity index (χ4n) is 2.38. The molecule has 1 rings (SSSR count). The van der Waals surface area contributed by atoms with Crippen LogP contribution in [0.2, 0.25) is 0 Å². The quantitative estimate of drug-likeness (QED) is 0.517. The molecule has 0 radical (unpaired) electrons. The molecule has 112 valence electrons. The number of piperidine rings is 1. The predicted octanol–water partition coefficient (Wildman–Crippen LogP) is 2.51. The van der Waals surface area contributed by atoms with Crippen molar-refractivity contribution in [3.63, 3.8) is 0 Å². The van der Waals surface area contributed by atoms with Crippen LogP contribution in [0, 0.1) is 5.92 Å². The van der Waals surface area contributed by atoms with Gasteiger partial charge >= 0.3 is 5.97 Å². The minimum absolute atomic E-state index is 0.0511. The Labute approximate surface area is 117 Å². The van der Waals surface area contributed by atoms with E-state index in [1.807, 2.05) is 6.92 Å². The Kier molecular flexibility index (Phi) is 8.84. The number of ether oxygens (including phenoxy) is 2. The normalized spacial score (nSPS) is 18.2. The monoisotopic (exact) mass is 271 g/mol. The van der Waals surface area contributed by atoms with Crippen molar-refractivity contribution in [3.8, 4) is 0 Å². The second kappa shape index (κ2) is 10.2. The van der Waals surface area contributed by atoms with Crippen molar-refractivity contribution in [1.29, 1.82) is 0 Å². The van der Waals surface area contributed by atoms with E-state index in [2.05, 4.69) is 12.2 Å². The Hall–Kier alpha value is -0.610. The molecule has 1 aliphatic rings. The maximum absolute atomic E-state index is 11.8. The average Bonchev–Trinajstić information content (AvgIpc) is 2.45. The Balaban J connectivity index is 2.07. The first-order valence-electron chi connectivity index (χ1n) is 7.76. The average molecular weight is 271 g/mol. The van der Waals surface area contributed by atoms with Crippen LogP contribution in [0.5, 0.6) is 0 Å². The van der Waals surface area contributed by atoms with E-state index in [1.54, 1.807) is 0 Å². The zero-order chi connectivity index (χ0) is 13.9. The number of nitrogens with one attached hydrogen (secondary N) is 1. The van der Waals surface area contributed by atoms with Crippen molar-refractivity contribution in [1.82, 2.24) is 5.32 Å². The molecule has 1 N–H and O–H groups in total. The van der Waals surface area contributed by atoms with E-state index in [0.717, 1.165) is 51.6 Å². The summed E-state index contributed by atoms with van der Waals surface area (Å²) in [5.74, 6) is 0.0173. The van der Waals surface area contributed by atoms with E-state index in [0.29, 0.717) is 19.3 Å². The number of rotatable bonds is 9. The van der Waals surface area contributed by atoms with Gasteiger partial charge in [0, 0.05) is 0 Å². The Morgan fingerprint density at radius 2 is 2.00 bits per heavy atom. The van der Waals surface area contributed by atoms with Gasteiger partial charge in [-0.05, 0) is 38.8 Å². The lowest BCUT2D eigenvalue weighted by Crippen LogP contribution is -2.33. The van der Waals surface area contributed by atoms with Gasteiger partial charge in [0.1, 0.15) is 6.61 Å². The van der Waals surface area contributed by atoms with Gasteiger partial charge in [0.15, 0.2) is 0 Å². The number of hydrogen-bond acceptors (Lipinski definition) is 4. The standard InChI is InChI=1S/C15H29NO3/c1-3-5-6-13(4-2)15(17)19-12-11-18-14-7-9-16-10-8-14/h13-14,16H,3-12H2,1-2H3. The summed E-state index contributed by atoms with van der Waals surface area (Å²) < 4.78 is 11.0. The lowest BCUT2D eigenvalue weighted by Gasteiger charge is -2.23. The molecule has 0 aromatic heterocycles. The van der Waals surface area contributed by atoms with Gasteiger partial charge in [-0.25, -0.2) is 0 Å². The maximum atomic E-state index is 11.8. The topological polar surface area (TPSA) is 47.6 Å². The second-order valence-corrected chi connectivity index (χ2v) is 5.24. The third kappa shape index (κ3) is 6.92. The van der Waals surface area contributed by atoms with Gasteiger partial charge in [0.2, 0.25) is 0 Å². The Morgan fingerprint density at radius 3 is 2.63 bits per heavy atom. The van der Waals surface area contributed by atoms with Crippen molar-refractivity contribution in [2.75, 3.05) is 26.3 Å². The molecule has 0 bridgehead atoms. The van der Waals surface area contributed by atoms with Gasteiger partial charge in [0.25, 0.3) is 0 Å². The molecule has 1 fully saturated rings. The highest BCUT2D eigenvalue weighted by atomic mass is 16.6. The summed E-state index contributed by atoms with van der Waals surface area (Å²) in [6, 6.07) is 0. The number of carbonyl (C=O) groups is 1. The van der Waals surface area contributed by atoms with Crippen LogP contribution in [0.25, 0.3) is 0 Å². The molecule has 4 heteroatoms. The van der Waals surface area contributed by atoms with E-state index in [-0.39, 0.29) is 11.9 Å². The summed E-state index contributed by atoms with van der Waals surface area (Å²) in [5.41, 5.74) is 0. The summed E-state index contributed by atoms with van der Waals surface area (Å²) in [6.45, 7) is 7.17. The molecule has 0 aliphatic carbocycles. The Morgan fingerprint density at radius 1 is 1.26 bits per heavy atom. The van der Waals surface area contributed by atoms with E-state index in [4.69, 9.17) is 9.47 Å². The van der Waals surface area contributed by atoms with Gasteiger partial charge in [-0.15, -0.1) is 0 Å². The minimum atomic E-state index is -0.0511. The van der Waals surface area contributed by atoms with Crippen LogP contribution >= 0.6 is 0 Å². The predicted molar refractivity (Wildman–Crippen MR) is 76.1 cm³/mol. The molecule has 1 heterocycles. The molecule has 4 nitrogen and oxygen atoms in total. The zero-order valence-corrected chi connectivity index (χ0v) is 12.5. The van der Waals surface area contributed by atoms with Crippen LogP contribution in [-0.2, 0) is 14.3 Å². The SMILES string of the molecule is CCCCC(CC)C(=O)OCCOC1CCNCC1. The third-order valence-corrected chi connectivity index (χ3v) is 3.70. The fourth-order valence-corrected chi connectivity index (χ4v) is 2.38. The highest BCUT2D eigenvalue weighted by Gasteiger charge is 2.18. The molecule has 0 spiro atoms. The Bertz CT molecular complexity index is 240. The van der Waals surface area contributed by atoms with E-state index in [9.17, 15) is 4.79 Å². The van der Waals surface area contributed by atoms with Crippen molar-refractivity contribution in [2.45, 2.75) is 58.5 Å². The first-order chi connectivity index (χ1) is 9.27. The number of hydrogen-bond donors (Lipinski definition) is 1. The van der Waals surface area contributed by atoms with Crippen LogP contribution in [0.3, 0.4) is 0 Å². The molecule has 1 atom stereocenters. The first kappa shape index (κ1) is 16.4. The summed E-state index contributed by atoms with van der Waals surface area (Å²) in [4.78, 5) is 11.8. The molecule has 1 unspecified atom stereocenters. The molecule has 1 saturated heterocycles. The molecular weight excluding hydrogens is 242 g/mol. The number of esters is 1. The number of carbonyl (C=O) groups excluding carboxylic acids is 1. The van der Waals surface area contributed by atoms with Gasteiger partial charge < -0.3 is 14.8 Å². The fraction of sp³-hybridized carbons (Fsp3) is 0.933. The number of unbranched alkanes of at least 4 members (excludes halogenated alkanes) is 1. The highest BCUT2D eigenvalue weighted by Crippen LogP contribution is 2.14. The van der Waals surface area contributed by atoms with Crippen LogP contribution in [0.4, 0.5) is 0 Å². The summed E-state index contributed by atoms with van der Waals surface area (Å²) >= 11 is 0. The van der Waals surface area contributed by atoms with Crippen molar-refractivity contribution in [3.05, 3.63) is 0 Å². The smallest absolute Gasteiger partial charge is 0.308 e. The largest absolute Gasteiger partial charge is 0.463 e. The minimum Gasteiger partial charge on any atom is -0.463 e. The summed E-state index contributed by atoms with van der Waals surface area (Å²) in [7, 11) is 0. The van der Waals surface area contributed by atoms with E-state index < -0.39 is 0 Å². The molecule has 0 amide bonds. The summed E-state index contributed by atoms with van der Waals surface area (Å²) in [5, 5.41) is 3.30. The van der Waals surface area contributed by atoms with Crippen molar-refractivity contribution < 1.29 is 14.3 Å². The van der Waals surface area contributed by atoms with Crippen molar-refractivity contribution in [2.24, 2.45) is 5.92 Å². The van der Waals surface area contributed by atoms with Gasteiger partial charge in [-0.3, -0.25) is 4.79 Å². The van der Waals surface area contributed by atoms with Gasteiger partial charge in [-0.2, -0.15) is 0 Å². The lowest BCUT2D eigenvalue weighted by atomic mass is 10.00. The first-order valence-corrected chi connectivity index (χ1v) is 7.76. The van der Waals surface area contributed by atoms with Gasteiger partial charge in [-0.1, -0.05) is 26.7 Å². The van der Waals surface area contributed by atoms with Gasteiger partial charge in [0.05, 0.1) is 18.6 Å². The van der Waals surface area contributed by atoms with E-state index in [1.165, 1.54) is 0 Å². The van der Waals surface area contributed by atoms with Crippen molar-refractivity contribution >= 4 is 5.97 Å².